The fourth-order valence-corrected chi connectivity index (χ4v) is 3.42. The maximum Gasteiger partial charge on any atom is 0.233 e. The summed E-state index contributed by atoms with van der Waals surface area (Å²) in [4.78, 5) is 6.88. The SMILES string of the molecule is Cc1cc(N2CCC(COc3ccc(C(C)(C)C)nn3)C2)n2nccc2n1. The van der Waals surface area contributed by atoms with E-state index in [4.69, 9.17) is 4.74 Å². The van der Waals surface area contributed by atoms with Gasteiger partial charge >= 0.3 is 0 Å². The number of ether oxygens (including phenoxy) is 1. The lowest BCUT2D eigenvalue weighted by molar-refractivity contribution is 0.249. The lowest BCUT2D eigenvalue weighted by Crippen LogP contribution is -2.24. The molecule has 1 saturated heterocycles. The predicted octanol–water partition coefficient (Wildman–Crippen LogP) is 3.03. The molecule has 27 heavy (non-hydrogen) atoms. The number of nitrogens with zero attached hydrogens (tertiary/aromatic N) is 6. The van der Waals surface area contributed by atoms with Crippen LogP contribution in [0.15, 0.2) is 30.5 Å². The summed E-state index contributed by atoms with van der Waals surface area (Å²) < 4.78 is 7.81. The Morgan fingerprint density at radius 2 is 2.04 bits per heavy atom. The molecule has 0 amide bonds. The van der Waals surface area contributed by atoms with Gasteiger partial charge in [-0.25, -0.2) is 4.98 Å². The summed E-state index contributed by atoms with van der Waals surface area (Å²) in [6.45, 7) is 11.0. The van der Waals surface area contributed by atoms with Crippen LogP contribution in [0, 0.1) is 12.8 Å². The first kappa shape index (κ1) is 17.7. The largest absolute Gasteiger partial charge is 0.476 e. The number of aromatic nitrogens is 5. The van der Waals surface area contributed by atoms with Crippen LogP contribution in [0.1, 0.15) is 38.6 Å². The molecule has 1 fully saturated rings. The molecule has 3 aromatic heterocycles. The van der Waals surface area contributed by atoms with Gasteiger partial charge in [0.1, 0.15) is 5.82 Å². The van der Waals surface area contributed by atoms with E-state index in [2.05, 4.69) is 52.0 Å². The predicted molar refractivity (Wildman–Crippen MR) is 104 cm³/mol. The molecule has 0 bridgehead atoms. The van der Waals surface area contributed by atoms with Crippen molar-refractivity contribution in [1.29, 1.82) is 0 Å². The highest BCUT2D eigenvalue weighted by Gasteiger charge is 2.25. The first-order chi connectivity index (χ1) is 12.9. The highest BCUT2D eigenvalue weighted by atomic mass is 16.5. The van der Waals surface area contributed by atoms with E-state index in [9.17, 15) is 0 Å². The minimum atomic E-state index is -0.00199. The van der Waals surface area contributed by atoms with Gasteiger partial charge in [-0.15, -0.1) is 5.10 Å². The Morgan fingerprint density at radius 3 is 2.78 bits per heavy atom. The normalized spacial score (nSPS) is 17.6. The average Bonchev–Trinajstić information content (AvgIpc) is 3.28. The van der Waals surface area contributed by atoms with Crippen molar-refractivity contribution in [3.63, 3.8) is 0 Å². The summed E-state index contributed by atoms with van der Waals surface area (Å²) in [5.74, 6) is 2.14. The molecular formula is C20H26N6O. The number of aryl methyl sites for hydroxylation is 1. The van der Waals surface area contributed by atoms with Crippen LogP contribution in [-0.2, 0) is 5.41 Å². The zero-order valence-electron chi connectivity index (χ0n) is 16.4. The summed E-state index contributed by atoms with van der Waals surface area (Å²) in [7, 11) is 0. The Kier molecular flexibility index (Phi) is 4.45. The third kappa shape index (κ3) is 3.72. The number of fused-ring (bicyclic) bond motifs is 1. The van der Waals surface area contributed by atoms with Gasteiger partial charge in [-0.1, -0.05) is 20.8 Å². The second-order valence-electron chi connectivity index (χ2n) is 8.28. The zero-order valence-corrected chi connectivity index (χ0v) is 16.4. The molecule has 4 rings (SSSR count). The second kappa shape index (κ2) is 6.79. The molecule has 0 aliphatic carbocycles. The Bertz CT molecular complexity index is 928. The van der Waals surface area contributed by atoms with Gasteiger partial charge in [0.2, 0.25) is 5.88 Å². The first-order valence-corrected chi connectivity index (χ1v) is 9.43. The van der Waals surface area contributed by atoms with E-state index in [1.807, 2.05) is 29.6 Å². The van der Waals surface area contributed by atoms with E-state index >= 15 is 0 Å². The van der Waals surface area contributed by atoms with E-state index in [0.717, 1.165) is 42.4 Å². The van der Waals surface area contributed by atoms with Gasteiger partial charge in [0.05, 0.1) is 18.5 Å². The van der Waals surface area contributed by atoms with Crippen molar-refractivity contribution in [3.05, 3.63) is 41.9 Å². The van der Waals surface area contributed by atoms with Crippen LogP contribution >= 0.6 is 0 Å². The number of hydrogen-bond donors (Lipinski definition) is 0. The molecule has 1 aliphatic rings. The molecule has 4 heterocycles. The van der Waals surface area contributed by atoms with Crippen molar-refractivity contribution in [1.82, 2.24) is 24.8 Å². The molecule has 0 saturated carbocycles. The fourth-order valence-electron chi connectivity index (χ4n) is 3.42. The molecule has 7 heteroatoms. The molecule has 1 unspecified atom stereocenters. The third-order valence-corrected chi connectivity index (χ3v) is 4.95. The van der Waals surface area contributed by atoms with Gasteiger partial charge in [0, 0.05) is 48.3 Å². The summed E-state index contributed by atoms with van der Waals surface area (Å²) in [6, 6.07) is 7.95. The van der Waals surface area contributed by atoms with Crippen LogP contribution in [-0.4, -0.2) is 44.5 Å². The van der Waals surface area contributed by atoms with Gasteiger partial charge in [-0.3, -0.25) is 0 Å². The minimum absolute atomic E-state index is 0.00199. The number of anilines is 1. The van der Waals surface area contributed by atoms with E-state index in [0.29, 0.717) is 18.4 Å². The Balaban J connectivity index is 1.39. The summed E-state index contributed by atoms with van der Waals surface area (Å²) in [5.41, 5.74) is 2.86. The highest BCUT2D eigenvalue weighted by molar-refractivity contribution is 5.51. The molecule has 7 nitrogen and oxygen atoms in total. The molecule has 0 aromatic carbocycles. The first-order valence-electron chi connectivity index (χ1n) is 9.43. The number of hydrogen-bond acceptors (Lipinski definition) is 6. The molecule has 142 valence electrons. The van der Waals surface area contributed by atoms with Crippen molar-refractivity contribution in [2.75, 3.05) is 24.6 Å². The van der Waals surface area contributed by atoms with Crippen LogP contribution in [0.3, 0.4) is 0 Å². The molecular weight excluding hydrogens is 340 g/mol. The van der Waals surface area contributed by atoms with Crippen LogP contribution in [0.4, 0.5) is 5.82 Å². The fraction of sp³-hybridized carbons (Fsp3) is 0.500. The minimum Gasteiger partial charge on any atom is -0.476 e. The lowest BCUT2D eigenvalue weighted by Gasteiger charge is -2.20. The van der Waals surface area contributed by atoms with Gasteiger partial charge in [-0.2, -0.15) is 14.7 Å². The van der Waals surface area contributed by atoms with Crippen molar-refractivity contribution < 1.29 is 4.74 Å². The summed E-state index contributed by atoms with van der Waals surface area (Å²) in [5, 5.41) is 12.9. The van der Waals surface area contributed by atoms with Crippen LogP contribution in [0.5, 0.6) is 5.88 Å². The lowest BCUT2D eigenvalue weighted by atomic mass is 9.92. The highest BCUT2D eigenvalue weighted by Crippen LogP contribution is 2.26. The third-order valence-electron chi connectivity index (χ3n) is 4.95. The topological polar surface area (TPSA) is 68.4 Å². The van der Waals surface area contributed by atoms with E-state index < -0.39 is 0 Å². The molecule has 1 aliphatic heterocycles. The van der Waals surface area contributed by atoms with Gasteiger partial charge in [0.15, 0.2) is 5.65 Å². The zero-order chi connectivity index (χ0) is 19.0. The quantitative estimate of drug-likeness (QED) is 0.707. The van der Waals surface area contributed by atoms with E-state index in [-0.39, 0.29) is 5.41 Å². The van der Waals surface area contributed by atoms with Crippen molar-refractivity contribution in [2.45, 2.75) is 39.5 Å². The van der Waals surface area contributed by atoms with Gasteiger partial charge < -0.3 is 9.64 Å². The van der Waals surface area contributed by atoms with E-state index in [1.165, 1.54) is 0 Å². The van der Waals surface area contributed by atoms with Crippen LogP contribution in [0.25, 0.3) is 5.65 Å². The van der Waals surface area contributed by atoms with Crippen molar-refractivity contribution in [2.24, 2.45) is 5.92 Å². The Hall–Kier alpha value is -2.70. The molecule has 1 atom stereocenters. The molecule has 3 aromatic rings. The van der Waals surface area contributed by atoms with Crippen molar-refractivity contribution >= 4 is 11.5 Å². The second-order valence-corrected chi connectivity index (χ2v) is 8.28. The maximum absolute atomic E-state index is 5.90. The summed E-state index contributed by atoms with van der Waals surface area (Å²) >= 11 is 0. The smallest absolute Gasteiger partial charge is 0.233 e. The molecule has 0 N–H and O–H groups in total. The summed E-state index contributed by atoms with van der Waals surface area (Å²) in [6.07, 6.45) is 2.87. The van der Waals surface area contributed by atoms with E-state index in [1.54, 1.807) is 6.20 Å². The van der Waals surface area contributed by atoms with Crippen LogP contribution < -0.4 is 9.64 Å². The molecule has 0 radical (unpaired) electrons. The molecule has 0 spiro atoms. The van der Waals surface area contributed by atoms with Gasteiger partial charge in [0.25, 0.3) is 0 Å². The monoisotopic (exact) mass is 366 g/mol. The maximum atomic E-state index is 5.90. The Morgan fingerprint density at radius 1 is 1.19 bits per heavy atom. The number of rotatable bonds is 4. The van der Waals surface area contributed by atoms with Crippen molar-refractivity contribution in [3.8, 4) is 5.88 Å². The van der Waals surface area contributed by atoms with Gasteiger partial charge in [-0.05, 0) is 19.4 Å². The Labute approximate surface area is 159 Å². The van der Waals surface area contributed by atoms with Crippen LogP contribution in [0.2, 0.25) is 0 Å². The standard InChI is InChI=1S/C20H26N6O/c1-14-11-19(26-17(22-14)7-9-21-26)25-10-8-15(12-25)13-27-18-6-5-16(23-24-18)20(2,3)4/h5-7,9,11,15H,8,10,12-13H2,1-4H3. The average molecular weight is 366 g/mol.